The number of phenols is 1. The number of anilines is 1. The van der Waals surface area contributed by atoms with Gasteiger partial charge >= 0.3 is 0 Å². The van der Waals surface area contributed by atoms with Gasteiger partial charge in [0.05, 0.1) is 24.4 Å². The van der Waals surface area contributed by atoms with Crippen LogP contribution in [-0.2, 0) is 6.54 Å². The number of hydrogen-bond acceptors (Lipinski definition) is 5. The van der Waals surface area contributed by atoms with E-state index in [4.69, 9.17) is 4.74 Å². The lowest BCUT2D eigenvalue weighted by Crippen LogP contribution is -2.02. The highest BCUT2D eigenvalue weighted by Crippen LogP contribution is 2.22. The smallest absolute Gasteiger partial charge is 0.224 e. The molecule has 6 nitrogen and oxygen atoms in total. The molecule has 0 aliphatic heterocycles. The maximum atomic E-state index is 9.85. The second kappa shape index (κ2) is 6.39. The molecule has 0 bridgehead atoms. The second-order valence-electron chi connectivity index (χ2n) is 4.96. The maximum absolute atomic E-state index is 9.85. The summed E-state index contributed by atoms with van der Waals surface area (Å²) in [5, 5.41) is 14.0. The molecule has 6 heteroatoms. The van der Waals surface area contributed by atoms with Crippen molar-refractivity contribution in [3.05, 3.63) is 48.0 Å². The molecule has 2 aromatic carbocycles. The lowest BCUT2D eigenvalue weighted by atomic mass is 10.2. The zero-order valence-electron chi connectivity index (χ0n) is 13.0. The minimum absolute atomic E-state index is 0.139. The molecule has 0 radical (unpaired) electrons. The molecule has 0 spiro atoms. The fourth-order valence-electron chi connectivity index (χ4n) is 2.40. The highest BCUT2D eigenvalue weighted by Gasteiger charge is 2.07. The van der Waals surface area contributed by atoms with Crippen molar-refractivity contribution in [3.8, 4) is 11.5 Å². The van der Waals surface area contributed by atoms with Gasteiger partial charge in [0.1, 0.15) is 11.5 Å². The number of hydrogen-bond donors (Lipinski definition) is 2. The SMILES string of the molecule is CCn1c(N/N=C\c2cc(OC)ccc2O)nc2ccccc21. The van der Waals surface area contributed by atoms with Crippen molar-refractivity contribution < 1.29 is 9.84 Å². The minimum Gasteiger partial charge on any atom is -0.507 e. The number of hydrazone groups is 1. The zero-order chi connectivity index (χ0) is 16.2. The number of para-hydroxylation sites is 2. The molecule has 0 unspecified atom stereocenters. The van der Waals surface area contributed by atoms with Crippen LogP contribution >= 0.6 is 0 Å². The third kappa shape index (κ3) is 2.96. The molecule has 0 atom stereocenters. The largest absolute Gasteiger partial charge is 0.507 e. The van der Waals surface area contributed by atoms with E-state index in [1.165, 1.54) is 6.21 Å². The molecular weight excluding hydrogens is 292 g/mol. The first-order valence-corrected chi connectivity index (χ1v) is 7.34. The first-order chi connectivity index (χ1) is 11.2. The van der Waals surface area contributed by atoms with Crippen LogP contribution in [0, 0.1) is 0 Å². The molecular formula is C17H18N4O2. The number of rotatable bonds is 5. The summed E-state index contributed by atoms with van der Waals surface area (Å²) in [5.41, 5.74) is 5.47. The van der Waals surface area contributed by atoms with Crippen LogP contribution < -0.4 is 10.2 Å². The molecule has 1 heterocycles. The number of nitrogens with one attached hydrogen (secondary N) is 1. The van der Waals surface area contributed by atoms with Crippen molar-refractivity contribution in [2.45, 2.75) is 13.5 Å². The Kier molecular flexibility index (Phi) is 4.14. The first kappa shape index (κ1) is 14.9. The Hall–Kier alpha value is -3.02. The Morgan fingerprint density at radius 2 is 2.13 bits per heavy atom. The predicted molar refractivity (Wildman–Crippen MR) is 91.3 cm³/mol. The molecule has 0 amide bonds. The highest BCUT2D eigenvalue weighted by atomic mass is 16.5. The lowest BCUT2D eigenvalue weighted by Gasteiger charge is -2.05. The average molecular weight is 310 g/mol. The van der Waals surface area contributed by atoms with Gasteiger partial charge in [0.25, 0.3) is 0 Å². The van der Waals surface area contributed by atoms with Crippen molar-refractivity contribution in [3.63, 3.8) is 0 Å². The van der Waals surface area contributed by atoms with Crippen LogP contribution in [0.2, 0.25) is 0 Å². The van der Waals surface area contributed by atoms with Gasteiger partial charge in [0, 0.05) is 12.1 Å². The number of methoxy groups -OCH3 is 1. The van der Waals surface area contributed by atoms with Crippen molar-refractivity contribution in [2.24, 2.45) is 5.10 Å². The molecule has 0 aliphatic rings. The van der Waals surface area contributed by atoms with E-state index in [-0.39, 0.29) is 5.75 Å². The topological polar surface area (TPSA) is 71.7 Å². The Labute approximate surface area is 134 Å². The Balaban J connectivity index is 1.86. The van der Waals surface area contributed by atoms with Gasteiger partial charge in [0.15, 0.2) is 0 Å². The monoisotopic (exact) mass is 310 g/mol. The maximum Gasteiger partial charge on any atom is 0.224 e. The Morgan fingerprint density at radius 3 is 2.91 bits per heavy atom. The molecule has 0 saturated heterocycles. The quantitative estimate of drug-likeness (QED) is 0.560. The van der Waals surface area contributed by atoms with Gasteiger partial charge in [-0.05, 0) is 37.3 Å². The summed E-state index contributed by atoms with van der Waals surface area (Å²) in [6.07, 6.45) is 1.54. The van der Waals surface area contributed by atoms with Crippen molar-refractivity contribution in [2.75, 3.05) is 12.5 Å². The van der Waals surface area contributed by atoms with Crippen LogP contribution in [0.4, 0.5) is 5.95 Å². The molecule has 2 N–H and O–H groups in total. The van der Waals surface area contributed by atoms with Gasteiger partial charge in [-0.25, -0.2) is 10.4 Å². The lowest BCUT2D eigenvalue weighted by molar-refractivity contribution is 0.412. The van der Waals surface area contributed by atoms with Gasteiger partial charge in [0.2, 0.25) is 5.95 Å². The summed E-state index contributed by atoms with van der Waals surface area (Å²) in [6.45, 7) is 2.83. The van der Waals surface area contributed by atoms with Gasteiger partial charge in [-0.3, -0.25) is 0 Å². The second-order valence-corrected chi connectivity index (χ2v) is 4.96. The summed E-state index contributed by atoms with van der Waals surface area (Å²) in [5.74, 6) is 1.46. The fraction of sp³-hybridized carbons (Fsp3) is 0.176. The highest BCUT2D eigenvalue weighted by molar-refractivity contribution is 5.85. The Morgan fingerprint density at radius 1 is 1.30 bits per heavy atom. The van der Waals surface area contributed by atoms with Gasteiger partial charge in [-0.2, -0.15) is 5.10 Å². The molecule has 1 aromatic heterocycles. The number of ether oxygens (including phenoxy) is 1. The van der Waals surface area contributed by atoms with Crippen molar-refractivity contribution in [1.82, 2.24) is 9.55 Å². The number of phenolic OH excluding ortho intramolecular Hbond substituents is 1. The number of fused-ring (bicyclic) bond motifs is 1. The summed E-state index contributed by atoms with van der Waals surface area (Å²) in [4.78, 5) is 4.52. The third-order valence-corrected chi connectivity index (χ3v) is 3.57. The predicted octanol–water partition coefficient (Wildman–Crippen LogP) is 3.22. The van der Waals surface area contributed by atoms with Crippen molar-refractivity contribution in [1.29, 1.82) is 0 Å². The number of nitrogens with zero attached hydrogens (tertiary/aromatic N) is 3. The summed E-state index contributed by atoms with van der Waals surface area (Å²) < 4.78 is 7.18. The number of aromatic hydroxyl groups is 1. The number of benzene rings is 2. The van der Waals surface area contributed by atoms with E-state index in [0.29, 0.717) is 17.3 Å². The van der Waals surface area contributed by atoms with E-state index in [1.807, 2.05) is 28.8 Å². The van der Waals surface area contributed by atoms with Gasteiger partial charge < -0.3 is 14.4 Å². The van der Waals surface area contributed by atoms with Crippen LogP contribution in [0.25, 0.3) is 11.0 Å². The minimum atomic E-state index is 0.139. The molecule has 0 aliphatic carbocycles. The van der Waals surface area contributed by atoms with Crippen LogP contribution in [0.3, 0.4) is 0 Å². The van der Waals surface area contributed by atoms with Crippen LogP contribution in [0.15, 0.2) is 47.6 Å². The van der Waals surface area contributed by atoms with Crippen LogP contribution in [0.5, 0.6) is 11.5 Å². The molecule has 3 rings (SSSR count). The first-order valence-electron chi connectivity index (χ1n) is 7.34. The van der Waals surface area contributed by atoms with Crippen LogP contribution in [-0.4, -0.2) is 28.0 Å². The molecule has 23 heavy (non-hydrogen) atoms. The fourth-order valence-corrected chi connectivity index (χ4v) is 2.40. The summed E-state index contributed by atoms with van der Waals surface area (Å²) in [6, 6.07) is 12.9. The van der Waals surface area contributed by atoms with E-state index in [9.17, 15) is 5.11 Å². The number of aromatic nitrogens is 2. The molecule has 3 aromatic rings. The van der Waals surface area contributed by atoms with Crippen molar-refractivity contribution >= 4 is 23.2 Å². The molecule has 0 saturated carbocycles. The number of imidazole rings is 1. The Bertz CT molecular complexity index is 855. The van der Waals surface area contributed by atoms with E-state index in [0.717, 1.165) is 17.6 Å². The van der Waals surface area contributed by atoms with Gasteiger partial charge in [-0.1, -0.05) is 12.1 Å². The molecule has 118 valence electrons. The van der Waals surface area contributed by atoms with E-state index in [1.54, 1.807) is 25.3 Å². The average Bonchev–Trinajstić information content (AvgIpc) is 2.94. The summed E-state index contributed by atoms with van der Waals surface area (Å²) in [7, 11) is 1.58. The van der Waals surface area contributed by atoms with Gasteiger partial charge in [-0.15, -0.1) is 0 Å². The number of aryl methyl sites for hydroxylation is 1. The van der Waals surface area contributed by atoms with E-state index >= 15 is 0 Å². The van der Waals surface area contributed by atoms with Crippen LogP contribution in [0.1, 0.15) is 12.5 Å². The zero-order valence-corrected chi connectivity index (χ0v) is 13.0. The third-order valence-electron chi connectivity index (χ3n) is 3.57. The standard InChI is InChI=1S/C17H18N4O2/c1-3-21-15-7-5-4-6-14(15)19-17(21)20-18-11-12-10-13(23-2)8-9-16(12)22/h4-11,22H,3H2,1-2H3,(H,19,20)/b18-11-. The normalized spacial score (nSPS) is 11.2. The molecule has 0 fully saturated rings. The van der Waals surface area contributed by atoms with E-state index in [2.05, 4.69) is 22.4 Å². The summed E-state index contributed by atoms with van der Waals surface area (Å²) >= 11 is 0. The van der Waals surface area contributed by atoms with E-state index < -0.39 is 0 Å².